The van der Waals surface area contributed by atoms with Gasteiger partial charge in [0.1, 0.15) is 0 Å². The minimum atomic E-state index is -0.0612. The van der Waals surface area contributed by atoms with Crippen molar-refractivity contribution in [2.45, 2.75) is 19.8 Å². The van der Waals surface area contributed by atoms with Crippen LogP contribution in [0, 0.1) is 24.7 Å². The molecule has 1 aliphatic carbocycles. The highest BCUT2D eigenvalue weighted by Gasteiger charge is 2.20. The number of nitrogens with one attached hydrogen (secondary N) is 1. The number of carbonyl (C=O) groups excluding carboxylic acids is 1. The Balaban J connectivity index is 1.76. The Kier molecular flexibility index (Phi) is 5.60. The summed E-state index contributed by atoms with van der Waals surface area (Å²) < 4.78 is 5.48. The predicted octanol–water partition coefficient (Wildman–Crippen LogP) is 1.52. The highest BCUT2D eigenvalue weighted by atomic mass is 32.1. The molecule has 1 aromatic rings. The van der Waals surface area contributed by atoms with Crippen molar-refractivity contribution in [1.82, 2.24) is 5.32 Å². The number of aryl methyl sites for hydroxylation is 1. The Labute approximate surface area is 123 Å². The number of nitrogens with two attached hydrogens (primary N) is 1. The molecule has 20 heavy (non-hydrogen) atoms. The summed E-state index contributed by atoms with van der Waals surface area (Å²) in [5.41, 5.74) is 6.37. The number of rotatable bonds is 6. The van der Waals surface area contributed by atoms with Crippen molar-refractivity contribution in [3.8, 4) is 11.8 Å². The van der Waals surface area contributed by atoms with E-state index in [0.29, 0.717) is 24.6 Å². The van der Waals surface area contributed by atoms with Crippen molar-refractivity contribution in [2.24, 2.45) is 11.7 Å². The Morgan fingerprint density at radius 3 is 3.10 bits per heavy atom. The second kappa shape index (κ2) is 7.44. The summed E-state index contributed by atoms with van der Waals surface area (Å²) in [6, 6.07) is 1.87. The van der Waals surface area contributed by atoms with Gasteiger partial charge in [0.25, 0.3) is 5.91 Å². The maximum Gasteiger partial charge on any atom is 0.261 e. The Morgan fingerprint density at radius 2 is 2.40 bits per heavy atom. The van der Waals surface area contributed by atoms with E-state index in [9.17, 15) is 4.79 Å². The zero-order chi connectivity index (χ0) is 14.4. The second-order valence-corrected chi connectivity index (χ2v) is 5.96. The molecule has 1 aromatic heterocycles. The van der Waals surface area contributed by atoms with Crippen LogP contribution in [0.2, 0.25) is 0 Å². The van der Waals surface area contributed by atoms with Gasteiger partial charge in [-0.2, -0.15) is 0 Å². The van der Waals surface area contributed by atoms with Gasteiger partial charge in [-0.3, -0.25) is 4.79 Å². The van der Waals surface area contributed by atoms with Gasteiger partial charge in [-0.15, -0.1) is 11.3 Å². The lowest BCUT2D eigenvalue weighted by atomic mass is 10.2. The van der Waals surface area contributed by atoms with Crippen molar-refractivity contribution >= 4 is 17.2 Å². The Hall–Kier alpha value is -1.35. The molecule has 0 radical (unpaired) electrons. The van der Waals surface area contributed by atoms with Gasteiger partial charge in [-0.05, 0) is 37.3 Å². The van der Waals surface area contributed by atoms with Crippen LogP contribution in [0.15, 0.2) is 6.07 Å². The quantitative estimate of drug-likeness (QED) is 0.617. The molecule has 0 unspecified atom stereocenters. The number of hydrogen-bond donors (Lipinski definition) is 2. The summed E-state index contributed by atoms with van der Waals surface area (Å²) in [5, 5.41) is 2.86. The van der Waals surface area contributed by atoms with Gasteiger partial charge in [-0.25, -0.2) is 0 Å². The highest BCUT2D eigenvalue weighted by Crippen LogP contribution is 2.28. The first-order valence-corrected chi connectivity index (χ1v) is 7.67. The van der Waals surface area contributed by atoms with Crippen LogP contribution in [0.3, 0.4) is 0 Å². The van der Waals surface area contributed by atoms with Gasteiger partial charge in [0, 0.05) is 13.2 Å². The van der Waals surface area contributed by atoms with E-state index in [2.05, 4.69) is 17.2 Å². The third-order valence-corrected chi connectivity index (χ3v) is 4.18. The van der Waals surface area contributed by atoms with E-state index in [4.69, 9.17) is 10.5 Å². The summed E-state index contributed by atoms with van der Waals surface area (Å²) in [7, 11) is 0. The van der Waals surface area contributed by atoms with Gasteiger partial charge in [0.05, 0.1) is 22.9 Å². The fourth-order valence-corrected chi connectivity index (χ4v) is 2.67. The number of amides is 1. The van der Waals surface area contributed by atoms with Crippen molar-refractivity contribution < 1.29 is 9.53 Å². The topological polar surface area (TPSA) is 64.3 Å². The minimum absolute atomic E-state index is 0.0612. The summed E-state index contributed by atoms with van der Waals surface area (Å²) in [6.45, 7) is 4.23. The zero-order valence-corrected chi connectivity index (χ0v) is 12.5. The van der Waals surface area contributed by atoms with Crippen molar-refractivity contribution in [2.75, 3.05) is 26.3 Å². The highest BCUT2D eigenvalue weighted by molar-refractivity contribution is 7.14. The third kappa shape index (κ3) is 4.64. The van der Waals surface area contributed by atoms with Crippen molar-refractivity contribution in [1.29, 1.82) is 0 Å². The lowest BCUT2D eigenvalue weighted by Crippen LogP contribution is -2.26. The predicted molar refractivity (Wildman–Crippen MR) is 80.9 cm³/mol. The van der Waals surface area contributed by atoms with Crippen LogP contribution in [0.25, 0.3) is 0 Å². The molecule has 5 heteroatoms. The molecule has 1 saturated carbocycles. The number of hydrogen-bond acceptors (Lipinski definition) is 4. The van der Waals surface area contributed by atoms with Gasteiger partial charge in [0.2, 0.25) is 0 Å². The molecule has 3 N–H and O–H groups in total. The summed E-state index contributed by atoms with van der Waals surface area (Å²) in [5.74, 6) is 6.49. The summed E-state index contributed by atoms with van der Waals surface area (Å²) in [6.07, 6.45) is 2.57. The van der Waals surface area contributed by atoms with E-state index in [1.54, 1.807) is 0 Å². The van der Waals surface area contributed by atoms with Crippen molar-refractivity contribution in [3.63, 3.8) is 0 Å². The monoisotopic (exact) mass is 292 g/mol. The first-order chi connectivity index (χ1) is 9.70. The molecule has 0 bridgehead atoms. The fraction of sp³-hybridized carbons (Fsp3) is 0.533. The van der Waals surface area contributed by atoms with Crippen LogP contribution in [0.1, 0.15) is 33.0 Å². The van der Waals surface area contributed by atoms with E-state index >= 15 is 0 Å². The lowest BCUT2D eigenvalue weighted by molar-refractivity contribution is 0.0910. The molecule has 2 rings (SSSR count). The molecular formula is C15H20N2O2S. The molecule has 1 heterocycles. The Bertz CT molecular complexity index is 524. The molecule has 1 fully saturated rings. The van der Waals surface area contributed by atoms with Crippen LogP contribution in [0.5, 0.6) is 0 Å². The Morgan fingerprint density at radius 1 is 1.60 bits per heavy atom. The van der Waals surface area contributed by atoms with Gasteiger partial charge in [0.15, 0.2) is 0 Å². The fourth-order valence-electron chi connectivity index (χ4n) is 1.71. The molecule has 0 saturated heterocycles. The molecule has 0 spiro atoms. The third-order valence-electron chi connectivity index (χ3n) is 3.03. The van der Waals surface area contributed by atoms with Crippen molar-refractivity contribution in [3.05, 3.63) is 21.4 Å². The van der Waals surface area contributed by atoms with Crippen LogP contribution in [-0.4, -0.2) is 32.2 Å². The second-order valence-electron chi connectivity index (χ2n) is 4.90. The smallest absolute Gasteiger partial charge is 0.261 e. The van der Waals surface area contributed by atoms with Crippen LogP contribution in [0.4, 0.5) is 0 Å². The SMILES string of the molecule is Cc1cc(C(=O)NCCOCC2CC2)sc1C#CCN. The molecule has 4 nitrogen and oxygen atoms in total. The molecular weight excluding hydrogens is 272 g/mol. The van der Waals surface area contributed by atoms with Gasteiger partial charge in [-0.1, -0.05) is 11.8 Å². The molecule has 0 atom stereocenters. The maximum absolute atomic E-state index is 12.0. The zero-order valence-electron chi connectivity index (χ0n) is 11.7. The lowest BCUT2D eigenvalue weighted by Gasteiger charge is -2.04. The largest absolute Gasteiger partial charge is 0.379 e. The number of thiophene rings is 1. The summed E-state index contributed by atoms with van der Waals surface area (Å²) in [4.78, 5) is 13.6. The van der Waals surface area contributed by atoms with Crippen LogP contribution >= 0.6 is 11.3 Å². The van der Waals surface area contributed by atoms with Crippen LogP contribution in [-0.2, 0) is 4.74 Å². The first-order valence-electron chi connectivity index (χ1n) is 6.86. The van der Waals surface area contributed by atoms with Crippen LogP contribution < -0.4 is 11.1 Å². The van der Waals surface area contributed by atoms with Gasteiger partial charge >= 0.3 is 0 Å². The van der Waals surface area contributed by atoms with E-state index in [1.165, 1.54) is 24.2 Å². The van der Waals surface area contributed by atoms with E-state index in [0.717, 1.165) is 23.0 Å². The number of ether oxygens (including phenoxy) is 1. The number of carbonyl (C=O) groups is 1. The standard InChI is InChI=1S/C15H20N2O2S/c1-11-9-14(20-13(11)3-2-6-16)15(18)17-7-8-19-10-12-4-5-12/h9,12H,4-8,10,16H2,1H3,(H,17,18). The van der Waals surface area contributed by atoms with E-state index in [-0.39, 0.29) is 5.91 Å². The normalized spacial score (nSPS) is 13.7. The molecule has 0 aromatic carbocycles. The first kappa shape index (κ1) is 15.0. The average molecular weight is 292 g/mol. The van der Waals surface area contributed by atoms with E-state index in [1.807, 2.05) is 13.0 Å². The molecule has 0 aliphatic heterocycles. The van der Waals surface area contributed by atoms with Gasteiger partial charge < -0.3 is 15.8 Å². The minimum Gasteiger partial charge on any atom is -0.379 e. The molecule has 1 aliphatic rings. The summed E-state index contributed by atoms with van der Waals surface area (Å²) >= 11 is 1.40. The van der Waals surface area contributed by atoms with E-state index < -0.39 is 0 Å². The molecule has 1 amide bonds. The maximum atomic E-state index is 12.0. The molecule has 108 valence electrons. The average Bonchev–Trinajstić information content (AvgIpc) is 3.18.